The largest absolute Gasteiger partial charge is 0.481 e. The fourth-order valence-corrected chi connectivity index (χ4v) is 7.93. The SMILES string of the molecule is CC[C@H](NS(=O)(=O)c1ccc(-c2sc(-c3nnc(CC(C)(C)C(=O)O)o3)nc2C(=O)N2CCCC[C@@H]2C)c(C(F)F)c1Cl)C(F)(F)F. The third-order valence-electron chi connectivity index (χ3n) is 7.71. The van der Waals surface area contributed by atoms with Crippen molar-refractivity contribution in [1.29, 1.82) is 0 Å². The van der Waals surface area contributed by atoms with Crippen molar-refractivity contribution < 1.29 is 49.5 Å². The first-order chi connectivity index (χ1) is 21.8. The van der Waals surface area contributed by atoms with Crippen LogP contribution in [0, 0.1) is 5.41 Å². The lowest BCUT2D eigenvalue weighted by molar-refractivity contribution is -0.151. The molecule has 0 bridgehead atoms. The zero-order valence-electron chi connectivity index (χ0n) is 25.5. The van der Waals surface area contributed by atoms with Crippen LogP contribution in [-0.2, 0) is 21.2 Å². The molecule has 1 saturated heterocycles. The number of nitrogens with zero attached hydrogens (tertiary/aromatic N) is 4. The summed E-state index contributed by atoms with van der Waals surface area (Å²) < 4.78 is 102. The Hall–Kier alpha value is -3.22. The van der Waals surface area contributed by atoms with Gasteiger partial charge in [0.1, 0.15) is 16.6 Å². The van der Waals surface area contributed by atoms with Crippen LogP contribution in [0.25, 0.3) is 21.3 Å². The number of benzene rings is 1. The summed E-state index contributed by atoms with van der Waals surface area (Å²) in [6.45, 7) is 6.15. The van der Waals surface area contributed by atoms with E-state index in [0.29, 0.717) is 30.7 Å². The maximum absolute atomic E-state index is 14.7. The third kappa shape index (κ3) is 7.76. The second kappa shape index (κ2) is 13.7. The standard InChI is InChI=1S/C28H31ClF5N5O6S2/c1-5-16(28(32,33)34)38-47(43,44)15-10-9-14(18(19(15)29)22(30)31)21-20(25(40)39-11-7-6-8-13(39)2)35-24(46-21)23-37-36-17(45-23)12-27(3,4)26(41)42/h9-10,13,16,22,38H,5-8,11-12H2,1-4H3,(H,41,42)/t13-,16-/m0/s1. The lowest BCUT2D eigenvalue weighted by Gasteiger charge is -2.33. The molecular weight excluding hydrogens is 697 g/mol. The average Bonchev–Trinajstić information content (AvgIpc) is 3.62. The maximum Gasteiger partial charge on any atom is 0.404 e. The Bertz CT molecular complexity index is 1760. The van der Waals surface area contributed by atoms with E-state index in [1.54, 1.807) is 0 Å². The average molecular weight is 728 g/mol. The minimum atomic E-state index is -5.05. The number of thiazole rings is 1. The van der Waals surface area contributed by atoms with Gasteiger partial charge in [0.05, 0.1) is 15.3 Å². The molecule has 0 radical (unpaired) electrons. The number of rotatable bonds is 11. The Morgan fingerprint density at radius 1 is 1.21 bits per heavy atom. The van der Waals surface area contributed by atoms with Gasteiger partial charge in [-0.25, -0.2) is 22.2 Å². The van der Waals surface area contributed by atoms with Gasteiger partial charge in [-0.1, -0.05) is 24.6 Å². The van der Waals surface area contributed by atoms with E-state index in [-0.39, 0.29) is 45.4 Å². The van der Waals surface area contributed by atoms with Crippen molar-refractivity contribution in [2.24, 2.45) is 5.41 Å². The highest BCUT2D eigenvalue weighted by Gasteiger charge is 2.42. The van der Waals surface area contributed by atoms with E-state index in [2.05, 4.69) is 15.2 Å². The van der Waals surface area contributed by atoms with E-state index in [1.807, 2.05) is 6.92 Å². The number of aromatic nitrogens is 3. The van der Waals surface area contributed by atoms with E-state index < -0.39 is 67.9 Å². The Morgan fingerprint density at radius 2 is 1.89 bits per heavy atom. The van der Waals surface area contributed by atoms with E-state index in [0.717, 1.165) is 25.5 Å². The van der Waals surface area contributed by atoms with Crippen LogP contribution in [0.2, 0.25) is 5.02 Å². The summed E-state index contributed by atoms with van der Waals surface area (Å²) in [7, 11) is -5.05. The monoisotopic (exact) mass is 727 g/mol. The Kier molecular flexibility index (Phi) is 10.7. The molecule has 1 aliphatic rings. The molecule has 258 valence electrons. The van der Waals surface area contributed by atoms with Crippen LogP contribution in [-0.4, -0.2) is 70.3 Å². The molecule has 11 nitrogen and oxygen atoms in total. The van der Waals surface area contributed by atoms with Gasteiger partial charge in [0.15, 0.2) is 5.01 Å². The van der Waals surface area contributed by atoms with Crippen LogP contribution in [0.4, 0.5) is 22.0 Å². The summed E-state index contributed by atoms with van der Waals surface area (Å²) in [5, 5.41) is 16.1. The maximum atomic E-state index is 14.7. The van der Waals surface area contributed by atoms with Crippen molar-refractivity contribution in [3.63, 3.8) is 0 Å². The van der Waals surface area contributed by atoms with Gasteiger partial charge in [-0.05, 0) is 52.5 Å². The molecule has 1 fully saturated rings. The van der Waals surface area contributed by atoms with Gasteiger partial charge in [-0.2, -0.15) is 17.9 Å². The van der Waals surface area contributed by atoms with Crippen molar-refractivity contribution in [2.45, 2.75) is 89.4 Å². The highest BCUT2D eigenvalue weighted by molar-refractivity contribution is 7.89. The number of alkyl halides is 5. The summed E-state index contributed by atoms with van der Waals surface area (Å²) in [5.41, 5.74) is -2.99. The van der Waals surface area contributed by atoms with Crippen molar-refractivity contribution >= 4 is 44.8 Å². The topological polar surface area (TPSA) is 156 Å². The zero-order chi connectivity index (χ0) is 35.1. The molecule has 3 heterocycles. The number of halogens is 6. The highest BCUT2D eigenvalue weighted by atomic mass is 35.5. The molecular formula is C28H31ClF5N5O6S2. The van der Waals surface area contributed by atoms with Crippen LogP contribution in [0.3, 0.4) is 0 Å². The second-order valence-electron chi connectivity index (χ2n) is 11.7. The first kappa shape index (κ1) is 36.6. The number of carbonyl (C=O) groups is 2. The molecule has 2 atom stereocenters. The van der Waals surface area contributed by atoms with Gasteiger partial charge < -0.3 is 14.4 Å². The molecule has 2 aromatic heterocycles. The Morgan fingerprint density at radius 3 is 2.47 bits per heavy atom. The highest BCUT2D eigenvalue weighted by Crippen LogP contribution is 2.45. The van der Waals surface area contributed by atoms with Crippen molar-refractivity contribution in [3.8, 4) is 21.3 Å². The molecule has 0 spiro atoms. The predicted molar refractivity (Wildman–Crippen MR) is 161 cm³/mol. The normalized spacial score (nSPS) is 16.9. The molecule has 19 heteroatoms. The molecule has 47 heavy (non-hydrogen) atoms. The summed E-state index contributed by atoms with van der Waals surface area (Å²) >= 11 is 6.91. The molecule has 4 rings (SSSR count). The Labute approximate surface area is 275 Å². The van der Waals surface area contributed by atoms with Gasteiger partial charge in [0.2, 0.25) is 15.9 Å². The van der Waals surface area contributed by atoms with Crippen LogP contribution < -0.4 is 4.72 Å². The number of amides is 1. The van der Waals surface area contributed by atoms with Gasteiger partial charge >= 0.3 is 12.1 Å². The summed E-state index contributed by atoms with van der Waals surface area (Å²) in [5.74, 6) is -2.04. The summed E-state index contributed by atoms with van der Waals surface area (Å²) in [6, 6.07) is -1.01. The lowest BCUT2D eigenvalue weighted by atomic mass is 9.90. The van der Waals surface area contributed by atoms with Crippen LogP contribution in [0.5, 0.6) is 0 Å². The van der Waals surface area contributed by atoms with Crippen molar-refractivity contribution in [3.05, 3.63) is 34.3 Å². The number of nitrogens with one attached hydrogen (secondary N) is 1. The number of likely N-dealkylation sites (tertiary alicyclic amines) is 1. The van der Waals surface area contributed by atoms with E-state index in [1.165, 1.54) is 23.5 Å². The zero-order valence-corrected chi connectivity index (χ0v) is 27.9. The quantitative estimate of drug-likeness (QED) is 0.204. The van der Waals surface area contributed by atoms with Gasteiger partial charge in [0, 0.05) is 30.1 Å². The smallest absolute Gasteiger partial charge is 0.404 e. The number of hydrogen-bond donors (Lipinski definition) is 2. The summed E-state index contributed by atoms with van der Waals surface area (Å²) in [6.07, 6.45) is -7.01. The third-order valence-corrected chi connectivity index (χ3v) is 10.8. The molecule has 0 aliphatic carbocycles. The molecule has 3 aromatic rings. The van der Waals surface area contributed by atoms with Crippen molar-refractivity contribution in [1.82, 2.24) is 24.8 Å². The molecule has 1 amide bonds. The van der Waals surface area contributed by atoms with E-state index >= 15 is 0 Å². The van der Waals surface area contributed by atoms with E-state index in [4.69, 9.17) is 16.0 Å². The number of hydrogen-bond acceptors (Lipinski definition) is 9. The van der Waals surface area contributed by atoms with Crippen molar-refractivity contribution in [2.75, 3.05) is 6.54 Å². The Balaban J connectivity index is 1.87. The van der Waals surface area contributed by atoms with Gasteiger partial charge in [0.25, 0.3) is 18.2 Å². The van der Waals surface area contributed by atoms with Crippen LogP contribution in [0.1, 0.15) is 81.7 Å². The van der Waals surface area contributed by atoms with Crippen LogP contribution in [0.15, 0.2) is 21.4 Å². The summed E-state index contributed by atoms with van der Waals surface area (Å²) in [4.78, 5) is 30.2. The number of aliphatic carboxylic acids is 1. The predicted octanol–water partition coefficient (Wildman–Crippen LogP) is 6.74. The first-order valence-corrected chi connectivity index (χ1v) is 17.0. The van der Waals surface area contributed by atoms with Crippen LogP contribution >= 0.6 is 22.9 Å². The lowest BCUT2D eigenvalue weighted by Crippen LogP contribution is -2.44. The minimum Gasteiger partial charge on any atom is -0.481 e. The fraction of sp³-hybridized carbons (Fsp3) is 0.536. The number of carboxylic acids is 1. The fourth-order valence-electron chi connectivity index (χ4n) is 4.96. The van der Waals surface area contributed by atoms with Gasteiger partial charge in [-0.3, -0.25) is 9.59 Å². The van der Waals surface area contributed by atoms with Gasteiger partial charge in [-0.15, -0.1) is 21.5 Å². The number of piperidine rings is 1. The number of sulfonamides is 1. The molecule has 0 unspecified atom stereocenters. The number of carboxylic acid groups (broad SMARTS) is 1. The minimum absolute atomic E-state index is 0.0655. The first-order valence-electron chi connectivity index (χ1n) is 14.4. The number of carbonyl (C=O) groups excluding carboxylic acids is 1. The second-order valence-corrected chi connectivity index (χ2v) is 14.7. The molecule has 1 aromatic carbocycles. The molecule has 2 N–H and O–H groups in total. The molecule has 1 aliphatic heterocycles. The molecule has 0 saturated carbocycles. The van der Waals surface area contributed by atoms with E-state index in [9.17, 15) is 45.1 Å².